The maximum Gasteiger partial charge on any atom is 0.240 e. The van der Waals surface area contributed by atoms with E-state index >= 15 is 0 Å². The van der Waals surface area contributed by atoms with E-state index in [1.165, 1.54) is 0 Å². The van der Waals surface area contributed by atoms with Crippen molar-refractivity contribution < 1.29 is 9.53 Å². The molecule has 0 aliphatic rings. The highest BCUT2D eigenvalue weighted by Crippen LogP contribution is 2.15. The maximum atomic E-state index is 12.6. The monoisotopic (exact) mass is 448 g/mol. The van der Waals surface area contributed by atoms with Gasteiger partial charge in [0, 0.05) is 6.54 Å². The van der Waals surface area contributed by atoms with Crippen LogP contribution in [-0.4, -0.2) is 57.4 Å². The van der Waals surface area contributed by atoms with Crippen molar-refractivity contribution in [1.82, 2.24) is 25.0 Å². The number of ether oxygens (including phenoxy) is 1. The Balaban J connectivity index is 2.14. The van der Waals surface area contributed by atoms with Crippen molar-refractivity contribution in [2.75, 3.05) is 26.2 Å². The summed E-state index contributed by atoms with van der Waals surface area (Å²) >= 11 is 5.46. The van der Waals surface area contributed by atoms with E-state index in [-0.39, 0.29) is 12.5 Å². The van der Waals surface area contributed by atoms with Crippen LogP contribution in [0.2, 0.25) is 0 Å². The molecule has 1 heterocycles. The molecule has 1 aromatic heterocycles. The van der Waals surface area contributed by atoms with Gasteiger partial charge in [-0.2, -0.15) is 5.10 Å². The Morgan fingerprint density at radius 3 is 2.61 bits per heavy atom. The van der Waals surface area contributed by atoms with Crippen LogP contribution in [0.5, 0.6) is 0 Å². The molecular weight excluding hydrogens is 412 g/mol. The standard InChI is InChI=1S/C22H36N6O2S/c1-5-27(6-2)13-10-14-28-19(25-26-21(28)31)18(24-20(29)22(3,4)23)16-30-15-17-11-8-7-9-12-17/h7-9,11-12,18H,5-6,10,13-16,23H2,1-4H3,(H,24,29)(H,26,31). The summed E-state index contributed by atoms with van der Waals surface area (Å²) in [6.07, 6.45) is 0.927. The molecule has 172 valence electrons. The van der Waals surface area contributed by atoms with Crippen LogP contribution in [0, 0.1) is 4.77 Å². The quantitative estimate of drug-likeness (QED) is 0.407. The molecule has 9 heteroatoms. The first kappa shape index (κ1) is 25.2. The topological polar surface area (TPSA) is 101 Å². The number of amides is 1. The Morgan fingerprint density at radius 2 is 2.00 bits per heavy atom. The number of carbonyl (C=O) groups excluding carboxylic acids is 1. The van der Waals surface area contributed by atoms with Crippen molar-refractivity contribution in [2.24, 2.45) is 5.73 Å². The Hall–Kier alpha value is -2.07. The van der Waals surface area contributed by atoms with Gasteiger partial charge in [0.05, 0.1) is 18.8 Å². The molecule has 0 fully saturated rings. The second-order valence-electron chi connectivity index (χ2n) is 8.17. The molecule has 8 nitrogen and oxygen atoms in total. The van der Waals surface area contributed by atoms with Crippen molar-refractivity contribution in [3.63, 3.8) is 0 Å². The second-order valence-corrected chi connectivity index (χ2v) is 8.55. The zero-order chi connectivity index (χ0) is 22.9. The summed E-state index contributed by atoms with van der Waals surface area (Å²) in [7, 11) is 0. The van der Waals surface area contributed by atoms with Crippen LogP contribution in [0.3, 0.4) is 0 Å². The third-order valence-corrected chi connectivity index (χ3v) is 5.45. The fraction of sp³-hybridized carbons (Fsp3) is 0.591. The molecule has 0 saturated heterocycles. The Morgan fingerprint density at radius 1 is 1.32 bits per heavy atom. The van der Waals surface area contributed by atoms with Gasteiger partial charge < -0.3 is 25.3 Å². The highest BCUT2D eigenvalue weighted by molar-refractivity contribution is 7.71. The van der Waals surface area contributed by atoms with E-state index in [9.17, 15) is 4.79 Å². The van der Waals surface area contributed by atoms with E-state index in [1.807, 2.05) is 34.9 Å². The molecule has 0 saturated carbocycles. The minimum Gasteiger partial charge on any atom is -0.374 e. The third-order valence-electron chi connectivity index (χ3n) is 5.14. The SMILES string of the molecule is CCN(CC)CCCn1c(C(COCc2ccccc2)NC(=O)C(C)(C)N)n[nH]c1=S. The van der Waals surface area contributed by atoms with E-state index in [4.69, 9.17) is 22.7 Å². The summed E-state index contributed by atoms with van der Waals surface area (Å²) in [5.74, 6) is 0.375. The second kappa shape index (κ2) is 12.1. The van der Waals surface area contributed by atoms with E-state index in [1.54, 1.807) is 13.8 Å². The first-order valence-electron chi connectivity index (χ1n) is 10.8. The summed E-state index contributed by atoms with van der Waals surface area (Å²) in [6, 6.07) is 9.43. The molecule has 1 amide bonds. The number of aromatic amines is 1. The van der Waals surface area contributed by atoms with Crippen LogP contribution in [0.15, 0.2) is 30.3 Å². The number of rotatable bonds is 13. The van der Waals surface area contributed by atoms with E-state index in [0.29, 0.717) is 23.7 Å². The largest absolute Gasteiger partial charge is 0.374 e. The molecular formula is C22H36N6O2S. The number of nitrogens with two attached hydrogens (primary N) is 1. The fourth-order valence-electron chi connectivity index (χ4n) is 3.20. The molecule has 0 spiro atoms. The highest BCUT2D eigenvalue weighted by Gasteiger charge is 2.28. The molecule has 0 radical (unpaired) electrons. The number of hydrogen-bond donors (Lipinski definition) is 3. The van der Waals surface area contributed by atoms with Crippen LogP contribution < -0.4 is 11.1 Å². The zero-order valence-corrected chi connectivity index (χ0v) is 19.9. The number of aromatic nitrogens is 3. The lowest BCUT2D eigenvalue weighted by molar-refractivity contribution is -0.126. The Bertz CT molecular complexity index is 855. The Kier molecular flexibility index (Phi) is 9.83. The van der Waals surface area contributed by atoms with Crippen LogP contribution in [0.25, 0.3) is 0 Å². The average Bonchev–Trinajstić information content (AvgIpc) is 3.10. The number of nitrogens with one attached hydrogen (secondary N) is 2. The van der Waals surface area contributed by atoms with Crippen molar-refractivity contribution in [2.45, 2.75) is 58.8 Å². The summed E-state index contributed by atoms with van der Waals surface area (Å²) in [5.41, 5.74) is 6.04. The molecule has 0 bridgehead atoms. The molecule has 2 aromatic rings. The van der Waals surface area contributed by atoms with Gasteiger partial charge in [-0.25, -0.2) is 0 Å². The Labute approximate surface area is 190 Å². The molecule has 0 aliphatic heterocycles. The molecule has 1 aromatic carbocycles. The predicted molar refractivity (Wildman–Crippen MR) is 125 cm³/mol. The van der Waals surface area contributed by atoms with E-state index in [2.05, 4.69) is 34.3 Å². The number of H-pyrrole nitrogens is 1. The van der Waals surface area contributed by atoms with Crippen LogP contribution >= 0.6 is 12.2 Å². The van der Waals surface area contributed by atoms with Crippen LogP contribution in [-0.2, 0) is 22.7 Å². The van der Waals surface area contributed by atoms with Gasteiger partial charge >= 0.3 is 0 Å². The van der Waals surface area contributed by atoms with Crippen molar-refractivity contribution in [3.8, 4) is 0 Å². The summed E-state index contributed by atoms with van der Waals surface area (Å²) in [5, 5.41) is 10.3. The van der Waals surface area contributed by atoms with Gasteiger partial charge in [0.1, 0.15) is 6.04 Å². The number of carbonyl (C=O) groups is 1. The number of benzene rings is 1. The molecule has 1 unspecified atom stereocenters. The van der Waals surface area contributed by atoms with E-state index in [0.717, 1.165) is 31.6 Å². The van der Waals surface area contributed by atoms with Gasteiger partial charge in [0.25, 0.3) is 0 Å². The number of nitrogens with zero attached hydrogens (tertiary/aromatic N) is 3. The molecule has 4 N–H and O–H groups in total. The first-order valence-corrected chi connectivity index (χ1v) is 11.3. The lowest BCUT2D eigenvalue weighted by atomic mass is 10.1. The fourth-order valence-corrected chi connectivity index (χ4v) is 3.43. The van der Waals surface area contributed by atoms with Gasteiger partial charge in [0.15, 0.2) is 10.6 Å². The predicted octanol–water partition coefficient (Wildman–Crippen LogP) is 2.78. The zero-order valence-electron chi connectivity index (χ0n) is 19.1. The van der Waals surface area contributed by atoms with Crippen LogP contribution in [0.4, 0.5) is 0 Å². The van der Waals surface area contributed by atoms with Gasteiger partial charge in [0.2, 0.25) is 5.91 Å². The molecule has 1 atom stereocenters. The minimum atomic E-state index is -1.02. The average molecular weight is 449 g/mol. The highest BCUT2D eigenvalue weighted by atomic mass is 32.1. The van der Waals surface area contributed by atoms with Crippen LogP contribution in [0.1, 0.15) is 51.5 Å². The molecule has 2 rings (SSSR count). The van der Waals surface area contributed by atoms with Crippen molar-refractivity contribution >= 4 is 18.1 Å². The van der Waals surface area contributed by atoms with Gasteiger partial charge in [-0.1, -0.05) is 44.2 Å². The molecule has 0 aliphatic carbocycles. The molecule has 31 heavy (non-hydrogen) atoms. The minimum absolute atomic E-state index is 0.256. The smallest absolute Gasteiger partial charge is 0.240 e. The summed E-state index contributed by atoms with van der Waals surface area (Å²) in [4.78, 5) is 15.0. The van der Waals surface area contributed by atoms with E-state index < -0.39 is 11.6 Å². The summed E-state index contributed by atoms with van der Waals surface area (Å²) < 4.78 is 8.40. The van der Waals surface area contributed by atoms with Crippen molar-refractivity contribution in [3.05, 3.63) is 46.5 Å². The van der Waals surface area contributed by atoms with Gasteiger partial charge in [-0.3, -0.25) is 9.89 Å². The first-order chi connectivity index (χ1) is 14.8. The van der Waals surface area contributed by atoms with Gasteiger partial charge in [-0.15, -0.1) is 0 Å². The lowest BCUT2D eigenvalue weighted by Crippen LogP contribution is -2.51. The summed E-state index contributed by atoms with van der Waals surface area (Å²) in [6.45, 7) is 12.0. The normalized spacial score (nSPS) is 12.8. The van der Waals surface area contributed by atoms with Crippen molar-refractivity contribution in [1.29, 1.82) is 0 Å². The van der Waals surface area contributed by atoms with Gasteiger partial charge in [-0.05, 0) is 57.7 Å². The lowest BCUT2D eigenvalue weighted by Gasteiger charge is -2.24. The number of hydrogen-bond acceptors (Lipinski definition) is 6. The maximum absolute atomic E-state index is 12.6. The third kappa shape index (κ3) is 7.84.